The van der Waals surface area contributed by atoms with E-state index in [1.807, 2.05) is 6.92 Å². The van der Waals surface area contributed by atoms with Crippen molar-refractivity contribution < 1.29 is 31.1 Å². The Balaban J connectivity index is 1.66. The van der Waals surface area contributed by atoms with Crippen LogP contribution in [0.3, 0.4) is 0 Å². The minimum Gasteiger partial charge on any atom is -0.345 e. The predicted molar refractivity (Wildman–Crippen MR) is 115 cm³/mol. The number of hydrogen-bond donors (Lipinski definition) is 1. The van der Waals surface area contributed by atoms with Gasteiger partial charge in [0.2, 0.25) is 5.82 Å². The van der Waals surface area contributed by atoms with E-state index in [2.05, 4.69) is 25.4 Å². The SMILES string of the molecule is Cc1cnc(-c2cc(C(=O)N[C@H](C)c3cnc(C(F)(F)F)nc3)cc3nn(CC(F)(F)F)cc23)s1. The molecule has 0 unspecified atom stereocenters. The third-order valence-electron chi connectivity index (χ3n) is 4.90. The van der Waals surface area contributed by atoms with Crippen molar-refractivity contribution in [3.63, 3.8) is 0 Å². The Morgan fingerprint density at radius 3 is 2.34 bits per heavy atom. The van der Waals surface area contributed by atoms with E-state index in [1.54, 1.807) is 6.20 Å². The summed E-state index contributed by atoms with van der Waals surface area (Å²) in [5.41, 5.74) is 0.926. The first kappa shape index (κ1) is 24.6. The molecule has 3 aromatic heterocycles. The molecule has 1 aromatic carbocycles. The van der Waals surface area contributed by atoms with Crippen LogP contribution in [0, 0.1) is 6.92 Å². The number of halogens is 6. The number of thiazole rings is 1. The molecule has 4 aromatic rings. The van der Waals surface area contributed by atoms with E-state index in [1.165, 1.54) is 36.6 Å². The number of carbonyl (C=O) groups excluding carboxylic acids is 1. The lowest BCUT2D eigenvalue weighted by Gasteiger charge is -2.15. The zero-order chi connectivity index (χ0) is 25.5. The van der Waals surface area contributed by atoms with Crippen molar-refractivity contribution in [3.05, 3.63) is 58.7 Å². The van der Waals surface area contributed by atoms with Gasteiger partial charge in [-0.1, -0.05) is 0 Å². The standard InChI is InChI=1S/C21H16F6N6OS/c1-10-5-28-18(35-10)14-3-12(4-16-15(14)8-33(32-16)9-20(22,23)24)17(34)31-11(2)13-6-29-19(30-7-13)21(25,26)27/h3-8,11H,9H2,1-2H3,(H,31,34)/t11-/m1/s1. The van der Waals surface area contributed by atoms with Gasteiger partial charge in [-0.05, 0) is 26.0 Å². The summed E-state index contributed by atoms with van der Waals surface area (Å²) in [6.45, 7) is 2.05. The number of fused-ring (bicyclic) bond motifs is 1. The molecular weight excluding hydrogens is 498 g/mol. The first-order chi connectivity index (χ1) is 16.3. The van der Waals surface area contributed by atoms with Gasteiger partial charge >= 0.3 is 12.4 Å². The van der Waals surface area contributed by atoms with Crippen molar-refractivity contribution in [1.29, 1.82) is 0 Å². The van der Waals surface area contributed by atoms with Crippen LogP contribution in [0.1, 0.15) is 39.6 Å². The average molecular weight is 514 g/mol. The third-order valence-corrected chi connectivity index (χ3v) is 5.85. The van der Waals surface area contributed by atoms with Gasteiger partial charge in [0.15, 0.2) is 0 Å². The minimum absolute atomic E-state index is 0.0947. The summed E-state index contributed by atoms with van der Waals surface area (Å²) in [4.78, 5) is 24.7. The molecule has 35 heavy (non-hydrogen) atoms. The Morgan fingerprint density at radius 1 is 1.09 bits per heavy atom. The fourth-order valence-corrected chi connectivity index (χ4v) is 4.09. The molecule has 14 heteroatoms. The molecule has 4 rings (SSSR count). The number of aryl methyl sites for hydroxylation is 1. The molecule has 1 amide bonds. The first-order valence-corrected chi connectivity index (χ1v) is 10.8. The van der Waals surface area contributed by atoms with Gasteiger partial charge < -0.3 is 5.32 Å². The van der Waals surface area contributed by atoms with E-state index in [4.69, 9.17) is 0 Å². The maximum atomic E-state index is 13.0. The fraction of sp³-hybridized carbons (Fsp3) is 0.286. The monoisotopic (exact) mass is 514 g/mol. The number of carbonyl (C=O) groups is 1. The molecule has 1 atom stereocenters. The van der Waals surface area contributed by atoms with Crippen LogP contribution in [-0.4, -0.2) is 36.8 Å². The average Bonchev–Trinajstić information content (AvgIpc) is 3.36. The number of nitrogens with one attached hydrogen (secondary N) is 1. The Bertz CT molecular complexity index is 1380. The summed E-state index contributed by atoms with van der Waals surface area (Å²) in [6.07, 6.45) is -4.40. The highest BCUT2D eigenvalue weighted by Gasteiger charge is 2.34. The van der Waals surface area contributed by atoms with Crippen LogP contribution in [0.15, 0.2) is 36.9 Å². The van der Waals surface area contributed by atoms with E-state index in [-0.39, 0.29) is 16.6 Å². The molecule has 7 nitrogen and oxygen atoms in total. The molecule has 0 aliphatic heterocycles. The zero-order valence-corrected chi connectivity index (χ0v) is 18.9. The molecular formula is C21H16F6N6OS. The number of benzene rings is 1. The number of hydrogen-bond acceptors (Lipinski definition) is 6. The molecule has 3 heterocycles. The Morgan fingerprint density at radius 2 is 1.77 bits per heavy atom. The molecule has 0 aliphatic carbocycles. The normalized spacial score (nSPS) is 13.3. The van der Waals surface area contributed by atoms with Gasteiger partial charge in [0.1, 0.15) is 11.6 Å². The number of amides is 1. The second-order valence-corrected chi connectivity index (χ2v) is 8.94. The minimum atomic E-state index is -4.69. The van der Waals surface area contributed by atoms with Gasteiger partial charge in [-0.25, -0.2) is 15.0 Å². The summed E-state index contributed by atoms with van der Waals surface area (Å²) >= 11 is 1.30. The molecule has 0 bridgehead atoms. The number of alkyl halides is 6. The van der Waals surface area contributed by atoms with Gasteiger partial charge in [-0.2, -0.15) is 31.4 Å². The first-order valence-electron chi connectivity index (χ1n) is 10.0. The molecule has 0 aliphatic rings. The van der Waals surface area contributed by atoms with Gasteiger partial charge in [0.25, 0.3) is 5.91 Å². The van der Waals surface area contributed by atoms with E-state index < -0.39 is 36.7 Å². The van der Waals surface area contributed by atoms with E-state index >= 15 is 0 Å². The van der Waals surface area contributed by atoms with Gasteiger partial charge in [-0.3, -0.25) is 9.48 Å². The van der Waals surface area contributed by atoms with Crippen molar-refractivity contribution in [2.24, 2.45) is 0 Å². The highest BCUT2D eigenvalue weighted by Crippen LogP contribution is 2.33. The van der Waals surface area contributed by atoms with Crippen LogP contribution in [0.5, 0.6) is 0 Å². The van der Waals surface area contributed by atoms with E-state index in [9.17, 15) is 31.1 Å². The quantitative estimate of drug-likeness (QED) is 0.364. The van der Waals surface area contributed by atoms with Crippen LogP contribution < -0.4 is 5.32 Å². The van der Waals surface area contributed by atoms with Gasteiger partial charge in [0, 0.05) is 51.7 Å². The van der Waals surface area contributed by atoms with Crippen LogP contribution >= 0.6 is 11.3 Å². The molecule has 0 saturated heterocycles. The summed E-state index contributed by atoms with van der Waals surface area (Å²) in [5.74, 6) is -1.91. The third kappa shape index (κ3) is 5.58. The maximum Gasteiger partial charge on any atom is 0.451 e. The van der Waals surface area contributed by atoms with Crippen LogP contribution in [0.2, 0.25) is 0 Å². The summed E-state index contributed by atoms with van der Waals surface area (Å²) in [7, 11) is 0. The van der Waals surface area contributed by atoms with Crippen molar-refractivity contribution >= 4 is 28.1 Å². The van der Waals surface area contributed by atoms with Crippen LogP contribution in [0.25, 0.3) is 21.5 Å². The van der Waals surface area contributed by atoms with Crippen molar-refractivity contribution in [3.8, 4) is 10.6 Å². The highest BCUT2D eigenvalue weighted by atomic mass is 32.1. The van der Waals surface area contributed by atoms with Gasteiger partial charge in [-0.15, -0.1) is 11.3 Å². The lowest BCUT2D eigenvalue weighted by molar-refractivity contribution is -0.145. The second-order valence-electron chi connectivity index (χ2n) is 7.71. The lowest BCUT2D eigenvalue weighted by atomic mass is 10.1. The lowest BCUT2D eigenvalue weighted by Crippen LogP contribution is -2.27. The highest BCUT2D eigenvalue weighted by molar-refractivity contribution is 7.15. The summed E-state index contributed by atoms with van der Waals surface area (Å²) < 4.78 is 77.5. The zero-order valence-electron chi connectivity index (χ0n) is 18.1. The molecule has 0 saturated carbocycles. The Labute approximate surface area is 197 Å². The van der Waals surface area contributed by atoms with Crippen molar-refractivity contribution in [2.45, 2.75) is 38.8 Å². The second kappa shape index (κ2) is 8.91. The van der Waals surface area contributed by atoms with Crippen LogP contribution in [0.4, 0.5) is 26.3 Å². The maximum absolute atomic E-state index is 13.0. The molecule has 0 fully saturated rings. The van der Waals surface area contributed by atoms with E-state index in [0.717, 1.165) is 22.0 Å². The summed E-state index contributed by atoms with van der Waals surface area (Å²) in [5, 5.41) is 7.49. The molecule has 0 radical (unpaired) electrons. The van der Waals surface area contributed by atoms with E-state index in [0.29, 0.717) is 16.0 Å². The van der Waals surface area contributed by atoms with Crippen molar-refractivity contribution in [2.75, 3.05) is 0 Å². The predicted octanol–water partition coefficient (Wildman–Crippen LogP) is 5.33. The number of aromatic nitrogens is 5. The molecule has 0 spiro atoms. The largest absolute Gasteiger partial charge is 0.451 e. The Hall–Kier alpha value is -3.55. The molecule has 184 valence electrons. The fourth-order valence-electron chi connectivity index (χ4n) is 3.30. The Kier molecular flexibility index (Phi) is 6.25. The summed E-state index contributed by atoms with van der Waals surface area (Å²) in [6, 6.07) is 2.08. The molecule has 1 N–H and O–H groups in total. The number of nitrogens with zero attached hydrogens (tertiary/aromatic N) is 5. The van der Waals surface area contributed by atoms with Crippen LogP contribution in [-0.2, 0) is 12.7 Å². The topological polar surface area (TPSA) is 85.6 Å². The van der Waals surface area contributed by atoms with Crippen molar-refractivity contribution in [1.82, 2.24) is 30.0 Å². The number of rotatable bonds is 5. The van der Waals surface area contributed by atoms with Gasteiger partial charge in [0.05, 0.1) is 11.6 Å². The smallest absolute Gasteiger partial charge is 0.345 e.